The summed E-state index contributed by atoms with van der Waals surface area (Å²) in [5.41, 5.74) is 1.56. The van der Waals surface area contributed by atoms with Crippen LogP contribution >= 0.6 is 0 Å². The van der Waals surface area contributed by atoms with E-state index < -0.39 is 0 Å². The van der Waals surface area contributed by atoms with Crippen LogP contribution < -0.4 is 29.5 Å². The first-order chi connectivity index (χ1) is 3.93. The molecular formula is C6H7INO-. The van der Waals surface area contributed by atoms with E-state index in [0.29, 0.717) is 0 Å². The Balaban J connectivity index is 0.000000640. The van der Waals surface area contributed by atoms with Crippen LogP contribution in [0.4, 0.5) is 5.69 Å². The topological polar surface area (TPSA) is 39.7 Å². The molecule has 3 heteroatoms. The highest BCUT2D eigenvalue weighted by atomic mass is 127. The molecule has 0 aliphatic carbocycles. The van der Waals surface area contributed by atoms with Crippen molar-refractivity contribution in [3.05, 3.63) is 35.5 Å². The fraction of sp³-hybridized carbons (Fsp3) is 0. The molecular weight excluding hydrogens is 229 g/mol. The van der Waals surface area contributed by atoms with Crippen LogP contribution in [0, 0.1) is 5.21 Å². The third-order valence-electron chi connectivity index (χ3n) is 0.936. The van der Waals surface area contributed by atoms with Gasteiger partial charge in [0.2, 0.25) is 0 Å². The zero-order valence-electron chi connectivity index (χ0n) is 4.75. The average Bonchev–Trinajstić information content (AvgIpc) is 1.90. The van der Waals surface area contributed by atoms with Gasteiger partial charge in [-0.3, -0.25) is 0 Å². The molecule has 0 unspecified atom stereocenters. The molecule has 1 aromatic rings. The summed E-state index contributed by atoms with van der Waals surface area (Å²) < 4.78 is 0. The normalized spacial score (nSPS) is 8.11. The van der Waals surface area contributed by atoms with Crippen molar-refractivity contribution < 1.29 is 29.5 Å². The summed E-state index contributed by atoms with van der Waals surface area (Å²) in [7, 11) is 0. The minimum Gasteiger partial charge on any atom is -1.00 e. The Kier molecular flexibility index (Phi) is 4.65. The van der Waals surface area contributed by atoms with E-state index in [2.05, 4.69) is 0 Å². The quantitative estimate of drug-likeness (QED) is 0.324. The summed E-state index contributed by atoms with van der Waals surface area (Å²) in [4.78, 5) is 0. The number of hydrogen-bond acceptors (Lipinski definition) is 1. The maximum atomic E-state index is 10.0. The molecule has 2 nitrogen and oxygen atoms in total. The van der Waals surface area contributed by atoms with Gasteiger partial charge in [0, 0.05) is 0 Å². The third kappa shape index (κ3) is 2.78. The molecule has 1 aromatic carbocycles. The van der Waals surface area contributed by atoms with Gasteiger partial charge >= 0.3 is 0 Å². The molecule has 0 saturated carbocycles. The van der Waals surface area contributed by atoms with Crippen LogP contribution in [-0.4, -0.2) is 0 Å². The van der Waals surface area contributed by atoms with Crippen molar-refractivity contribution in [2.24, 2.45) is 0 Å². The lowest BCUT2D eigenvalue weighted by Gasteiger charge is -1.97. The Bertz CT molecular complexity index is 154. The second-order valence-electron chi connectivity index (χ2n) is 1.53. The van der Waals surface area contributed by atoms with Gasteiger partial charge < -0.3 is 34.7 Å². The number of halogens is 1. The van der Waals surface area contributed by atoms with E-state index in [1.165, 1.54) is 0 Å². The molecule has 0 bridgehead atoms. The van der Waals surface area contributed by atoms with Crippen LogP contribution in [0.15, 0.2) is 30.3 Å². The van der Waals surface area contributed by atoms with Crippen LogP contribution in [0.5, 0.6) is 0 Å². The minimum atomic E-state index is 0. The zero-order chi connectivity index (χ0) is 5.82. The van der Waals surface area contributed by atoms with E-state index in [1.54, 1.807) is 12.1 Å². The standard InChI is InChI=1S/C6H7NO.HI/c8-7-6-4-2-1-3-5-6;/h1-5H,7H2;1H/p-1. The van der Waals surface area contributed by atoms with Gasteiger partial charge in [-0.15, -0.1) is 0 Å². The van der Waals surface area contributed by atoms with Crippen molar-refractivity contribution in [1.82, 2.24) is 0 Å². The molecule has 0 saturated heterocycles. The number of quaternary nitrogens is 1. The molecule has 0 aliphatic rings. The highest BCUT2D eigenvalue weighted by Crippen LogP contribution is 1.94. The Morgan fingerprint density at radius 3 is 2.00 bits per heavy atom. The van der Waals surface area contributed by atoms with Gasteiger partial charge in [-0.25, -0.2) is 0 Å². The van der Waals surface area contributed by atoms with Gasteiger partial charge in [0.05, 0.1) is 0 Å². The largest absolute Gasteiger partial charge is 1.00 e. The van der Waals surface area contributed by atoms with Crippen LogP contribution in [0.2, 0.25) is 0 Å². The summed E-state index contributed by atoms with van der Waals surface area (Å²) in [6.07, 6.45) is 0. The fourth-order valence-corrected chi connectivity index (χ4v) is 0.532. The van der Waals surface area contributed by atoms with Gasteiger partial charge in [0.15, 0.2) is 0 Å². The van der Waals surface area contributed by atoms with Crippen LogP contribution in [0.25, 0.3) is 0 Å². The second kappa shape index (κ2) is 4.72. The Labute approximate surface area is 70.9 Å². The monoisotopic (exact) mass is 236 g/mol. The smallest absolute Gasteiger partial charge is 0.129 e. The summed E-state index contributed by atoms with van der Waals surface area (Å²) in [5, 5.41) is 10.0. The van der Waals surface area contributed by atoms with Crippen LogP contribution in [0.1, 0.15) is 0 Å². The minimum absolute atomic E-state index is 0. The molecule has 0 spiro atoms. The zero-order valence-corrected chi connectivity index (χ0v) is 6.91. The van der Waals surface area contributed by atoms with Crippen molar-refractivity contribution in [1.29, 1.82) is 0 Å². The summed E-state index contributed by atoms with van der Waals surface area (Å²) in [6, 6.07) is 9.10. The lowest BCUT2D eigenvalue weighted by atomic mass is 10.3. The Morgan fingerprint density at radius 2 is 1.67 bits per heavy atom. The van der Waals surface area contributed by atoms with E-state index in [4.69, 9.17) is 0 Å². The van der Waals surface area contributed by atoms with E-state index >= 15 is 0 Å². The van der Waals surface area contributed by atoms with Crippen molar-refractivity contribution in [2.45, 2.75) is 0 Å². The predicted octanol–water partition coefficient (Wildman–Crippen LogP) is -2.62. The summed E-state index contributed by atoms with van der Waals surface area (Å²) in [6.45, 7) is 0. The van der Waals surface area contributed by atoms with Gasteiger partial charge in [-0.2, -0.15) is 0 Å². The first-order valence-electron chi connectivity index (χ1n) is 2.44. The van der Waals surface area contributed by atoms with Gasteiger partial charge in [0.25, 0.3) is 0 Å². The maximum absolute atomic E-state index is 10.0. The van der Waals surface area contributed by atoms with Crippen LogP contribution in [-0.2, 0) is 0 Å². The van der Waals surface area contributed by atoms with Crippen molar-refractivity contribution >= 4 is 5.69 Å². The number of hydrogen-bond donors (Lipinski definition) is 1. The molecule has 1 rings (SSSR count). The third-order valence-corrected chi connectivity index (χ3v) is 0.936. The highest BCUT2D eigenvalue weighted by molar-refractivity contribution is 5.26. The molecule has 50 valence electrons. The Hall–Kier alpha value is -0.130. The number of nitrogens with two attached hydrogens (primary N) is 1. The molecule has 0 amide bonds. The molecule has 0 aliphatic heterocycles. The number of rotatable bonds is 1. The first kappa shape index (κ1) is 8.87. The molecule has 2 N–H and O–H groups in total. The molecule has 9 heavy (non-hydrogen) atoms. The van der Waals surface area contributed by atoms with Gasteiger partial charge in [0.1, 0.15) is 5.69 Å². The summed E-state index contributed by atoms with van der Waals surface area (Å²) in [5.74, 6) is 0. The Morgan fingerprint density at radius 1 is 1.11 bits per heavy atom. The van der Waals surface area contributed by atoms with E-state index in [-0.39, 0.29) is 24.0 Å². The van der Waals surface area contributed by atoms with Crippen molar-refractivity contribution in [3.8, 4) is 0 Å². The molecule has 0 atom stereocenters. The molecule has 0 fully saturated rings. The first-order valence-corrected chi connectivity index (χ1v) is 2.44. The number of benzene rings is 1. The maximum Gasteiger partial charge on any atom is 0.129 e. The second-order valence-corrected chi connectivity index (χ2v) is 1.53. The van der Waals surface area contributed by atoms with Gasteiger partial charge in [-0.05, 0) is 12.1 Å². The molecule has 0 radical (unpaired) electrons. The van der Waals surface area contributed by atoms with E-state index in [1.807, 2.05) is 18.2 Å². The average molecular weight is 236 g/mol. The van der Waals surface area contributed by atoms with Crippen LogP contribution in [0.3, 0.4) is 0 Å². The fourth-order valence-electron chi connectivity index (χ4n) is 0.532. The lowest BCUT2D eigenvalue weighted by Crippen LogP contribution is -3.00. The van der Waals surface area contributed by atoms with Crippen molar-refractivity contribution in [2.75, 3.05) is 0 Å². The van der Waals surface area contributed by atoms with Gasteiger partial charge in [-0.1, -0.05) is 18.2 Å². The molecule has 0 aromatic heterocycles. The van der Waals surface area contributed by atoms with Crippen molar-refractivity contribution in [3.63, 3.8) is 0 Å². The summed E-state index contributed by atoms with van der Waals surface area (Å²) >= 11 is 0. The highest BCUT2D eigenvalue weighted by Gasteiger charge is 1.80. The van der Waals surface area contributed by atoms with E-state index in [0.717, 1.165) is 11.2 Å². The van der Waals surface area contributed by atoms with E-state index in [9.17, 15) is 5.21 Å². The predicted molar refractivity (Wildman–Crippen MR) is 31.4 cm³/mol. The lowest BCUT2D eigenvalue weighted by molar-refractivity contribution is -0.497. The molecule has 0 heterocycles. The SMILES string of the molecule is [I-].[O-][NH2+]c1ccccc1.